The monoisotopic (exact) mass is 347 g/mol. The van der Waals surface area contributed by atoms with Crippen molar-refractivity contribution in [3.05, 3.63) is 55.6 Å². The summed E-state index contributed by atoms with van der Waals surface area (Å²) in [5.74, 6) is 0.0139. The van der Waals surface area contributed by atoms with Gasteiger partial charge in [0.15, 0.2) is 0 Å². The number of nitrogens with zero attached hydrogens (tertiary/aromatic N) is 3. The van der Waals surface area contributed by atoms with Crippen LogP contribution in [0.2, 0.25) is 0 Å². The average Bonchev–Trinajstić information content (AvgIpc) is 3.12. The Bertz CT molecular complexity index is 926. The van der Waals surface area contributed by atoms with E-state index in [0.29, 0.717) is 6.04 Å². The Kier molecular flexibility index (Phi) is 4.39. The third kappa shape index (κ3) is 3.18. The van der Waals surface area contributed by atoms with Crippen LogP contribution in [0.4, 0.5) is 5.69 Å². The Morgan fingerprint density at radius 3 is 2.92 bits per heavy atom. The van der Waals surface area contributed by atoms with E-state index < -0.39 is 0 Å². The molecule has 132 valence electrons. The minimum absolute atomic E-state index is 0.0139. The number of hydrogen-bond acceptors (Lipinski definition) is 4. The SMILES string of the molecule is C=CC(=O)N1CCC(Nc2cnc3[nH]cc(-c4cccnc4)c3c2)CC1. The van der Waals surface area contributed by atoms with Gasteiger partial charge < -0.3 is 15.2 Å². The largest absolute Gasteiger partial charge is 0.381 e. The van der Waals surface area contributed by atoms with Crippen molar-refractivity contribution in [1.29, 1.82) is 0 Å². The lowest BCUT2D eigenvalue weighted by molar-refractivity contribution is -0.126. The lowest BCUT2D eigenvalue weighted by atomic mass is 10.0. The molecule has 3 aromatic heterocycles. The molecule has 4 heterocycles. The summed E-state index contributed by atoms with van der Waals surface area (Å²) in [6, 6.07) is 6.44. The van der Waals surface area contributed by atoms with Crippen molar-refractivity contribution in [2.45, 2.75) is 18.9 Å². The number of amides is 1. The highest BCUT2D eigenvalue weighted by atomic mass is 16.2. The lowest BCUT2D eigenvalue weighted by Gasteiger charge is -2.32. The Morgan fingerprint density at radius 1 is 1.35 bits per heavy atom. The number of fused-ring (bicyclic) bond motifs is 1. The molecule has 6 nitrogen and oxygen atoms in total. The Balaban J connectivity index is 1.51. The van der Waals surface area contributed by atoms with Crippen molar-refractivity contribution < 1.29 is 4.79 Å². The smallest absolute Gasteiger partial charge is 0.245 e. The Labute approximate surface area is 152 Å². The third-order valence-corrected chi connectivity index (χ3v) is 4.86. The number of piperidine rings is 1. The molecule has 3 aromatic rings. The molecular formula is C20H21N5O. The second kappa shape index (κ2) is 7.00. The molecule has 0 radical (unpaired) electrons. The van der Waals surface area contributed by atoms with Gasteiger partial charge in [-0.3, -0.25) is 9.78 Å². The van der Waals surface area contributed by atoms with E-state index in [4.69, 9.17) is 0 Å². The molecule has 1 amide bonds. The van der Waals surface area contributed by atoms with Crippen molar-refractivity contribution in [3.8, 4) is 11.1 Å². The summed E-state index contributed by atoms with van der Waals surface area (Å²) in [4.78, 5) is 25.5. The third-order valence-electron chi connectivity index (χ3n) is 4.86. The molecule has 0 bridgehead atoms. The first-order chi connectivity index (χ1) is 12.7. The molecule has 1 saturated heterocycles. The summed E-state index contributed by atoms with van der Waals surface area (Å²) in [7, 11) is 0. The zero-order valence-corrected chi connectivity index (χ0v) is 14.5. The fourth-order valence-corrected chi connectivity index (χ4v) is 3.45. The molecule has 1 aliphatic heterocycles. The zero-order chi connectivity index (χ0) is 17.9. The van der Waals surface area contributed by atoms with Crippen LogP contribution in [0.15, 0.2) is 55.6 Å². The van der Waals surface area contributed by atoms with Crippen LogP contribution in [-0.2, 0) is 4.79 Å². The molecule has 0 atom stereocenters. The molecule has 0 saturated carbocycles. The first-order valence-electron chi connectivity index (χ1n) is 8.80. The molecule has 0 unspecified atom stereocenters. The number of aromatic amines is 1. The number of carbonyl (C=O) groups is 1. The molecule has 6 heteroatoms. The van der Waals surface area contributed by atoms with Crippen LogP contribution in [0.1, 0.15) is 12.8 Å². The van der Waals surface area contributed by atoms with Crippen LogP contribution in [0.25, 0.3) is 22.2 Å². The number of pyridine rings is 2. The zero-order valence-electron chi connectivity index (χ0n) is 14.5. The van der Waals surface area contributed by atoms with E-state index in [9.17, 15) is 4.79 Å². The van der Waals surface area contributed by atoms with E-state index in [1.54, 1.807) is 6.20 Å². The van der Waals surface area contributed by atoms with E-state index in [1.165, 1.54) is 6.08 Å². The van der Waals surface area contributed by atoms with Gasteiger partial charge in [0.25, 0.3) is 0 Å². The van der Waals surface area contributed by atoms with Crippen LogP contribution < -0.4 is 5.32 Å². The van der Waals surface area contributed by atoms with E-state index in [1.807, 2.05) is 35.6 Å². The van der Waals surface area contributed by atoms with Gasteiger partial charge in [0.05, 0.1) is 11.9 Å². The van der Waals surface area contributed by atoms with Crippen molar-refractivity contribution in [3.63, 3.8) is 0 Å². The molecular weight excluding hydrogens is 326 g/mol. The molecule has 0 aromatic carbocycles. The quantitative estimate of drug-likeness (QED) is 0.711. The predicted octanol–water partition coefficient (Wildman–Crippen LogP) is 3.21. The van der Waals surface area contributed by atoms with Gasteiger partial charge in [-0.25, -0.2) is 4.98 Å². The van der Waals surface area contributed by atoms with Gasteiger partial charge in [0.2, 0.25) is 5.91 Å². The second-order valence-corrected chi connectivity index (χ2v) is 6.51. The minimum Gasteiger partial charge on any atom is -0.381 e. The van der Waals surface area contributed by atoms with Crippen molar-refractivity contribution in [2.24, 2.45) is 0 Å². The van der Waals surface area contributed by atoms with Gasteiger partial charge in [-0.05, 0) is 31.1 Å². The molecule has 0 spiro atoms. The fourth-order valence-electron chi connectivity index (χ4n) is 3.45. The van der Waals surface area contributed by atoms with Crippen LogP contribution in [0.5, 0.6) is 0 Å². The van der Waals surface area contributed by atoms with E-state index >= 15 is 0 Å². The van der Waals surface area contributed by atoms with Gasteiger partial charge in [-0.1, -0.05) is 12.6 Å². The van der Waals surface area contributed by atoms with Gasteiger partial charge >= 0.3 is 0 Å². The first-order valence-corrected chi connectivity index (χ1v) is 8.80. The van der Waals surface area contributed by atoms with Crippen molar-refractivity contribution >= 4 is 22.6 Å². The fraction of sp³-hybridized carbons (Fsp3) is 0.250. The van der Waals surface area contributed by atoms with Crippen molar-refractivity contribution in [2.75, 3.05) is 18.4 Å². The van der Waals surface area contributed by atoms with Gasteiger partial charge in [0.1, 0.15) is 5.65 Å². The topological polar surface area (TPSA) is 73.9 Å². The molecule has 26 heavy (non-hydrogen) atoms. The average molecular weight is 347 g/mol. The highest BCUT2D eigenvalue weighted by Crippen LogP contribution is 2.29. The van der Waals surface area contributed by atoms with Crippen LogP contribution >= 0.6 is 0 Å². The summed E-state index contributed by atoms with van der Waals surface area (Å²) in [6.45, 7) is 5.06. The number of aromatic nitrogens is 3. The number of hydrogen-bond donors (Lipinski definition) is 2. The lowest BCUT2D eigenvalue weighted by Crippen LogP contribution is -2.41. The first kappa shape index (κ1) is 16.3. The van der Waals surface area contributed by atoms with E-state index in [-0.39, 0.29) is 5.91 Å². The molecule has 1 aliphatic rings. The van der Waals surface area contributed by atoms with Crippen LogP contribution in [0, 0.1) is 0 Å². The maximum atomic E-state index is 11.7. The predicted molar refractivity (Wildman–Crippen MR) is 103 cm³/mol. The maximum Gasteiger partial charge on any atom is 0.245 e. The van der Waals surface area contributed by atoms with Crippen LogP contribution in [0.3, 0.4) is 0 Å². The summed E-state index contributed by atoms with van der Waals surface area (Å²) in [6.07, 6.45) is 10.7. The normalized spacial score (nSPS) is 15.2. The van der Waals surface area contributed by atoms with E-state index in [0.717, 1.165) is 53.8 Å². The number of carbonyl (C=O) groups excluding carboxylic acids is 1. The summed E-state index contributed by atoms with van der Waals surface area (Å²) in [5.41, 5.74) is 4.01. The maximum absolute atomic E-state index is 11.7. The number of rotatable bonds is 4. The second-order valence-electron chi connectivity index (χ2n) is 6.51. The number of likely N-dealkylation sites (tertiary alicyclic amines) is 1. The highest BCUT2D eigenvalue weighted by molar-refractivity contribution is 5.95. The standard InChI is InChI=1S/C20H21N5O/c1-2-19(26)25-8-5-15(6-9-25)24-16-10-17-18(13-23-20(17)22-12-16)14-4-3-7-21-11-14/h2-4,7,10-13,15,24H,1,5-6,8-9H2,(H,22,23). The summed E-state index contributed by atoms with van der Waals surface area (Å²) >= 11 is 0. The van der Waals surface area contributed by atoms with Crippen LogP contribution in [-0.4, -0.2) is 44.9 Å². The molecule has 0 aliphatic carbocycles. The molecule has 1 fully saturated rings. The van der Waals surface area contributed by atoms with Gasteiger partial charge in [-0.15, -0.1) is 0 Å². The number of H-pyrrole nitrogens is 1. The summed E-state index contributed by atoms with van der Waals surface area (Å²) < 4.78 is 0. The number of anilines is 1. The number of nitrogens with one attached hydrogen (secondary N) is 2. The molecule has 2 N–H and O–H groups in total. The van der Waals surface area contributed by atoms with Crippen molar-refractivity contribution in [1.82, 2.24) is 19.9 Å². The van der Waals surface area contributed by atoms with Gasteiger partial charge in [0, 0.05) is 54.2 Å². The summed E-state index contributed by atoms with van der Waals surface area (Å²) in [5, 5.41) is 4.63. The van der Waals surface area contributed by atoms with E-state index in [2.05, 4.69) is 32.9 Å². The highest BCUT2D eigenvalue weighted by Gasteiger charge is 2.21. The Hall–Kier alpha value is -3.15. The molecule has 4 rings (SSSR count). The van der Waals surface area contributed by atoms with Gasteiger partial charge in [-0.2, -0.15) is 0 Å². The Morgan fingerprint density at radius 2 is 2.19 bits per heavy atom. The minimum atomic E-state index is 0.0139.